The lowest BCUT2D eigenvalue weighted by atomic mass is 9.94. The highest BCUT2D eigenvalue weighted by Crippen LogP contribution is 2.22. The van der Waals surface area contributed by atoms with Crippen LogP contribution in [0.2, 0.25) is 0 Å². The maximum atomic E-state index is 12.0. The Balaban J connectivity index is 2.64. The minimum atomic E-state index is -0.307. The lowest BCUT2D eigenvalue weighted by Crippen LogP contribution is -2.50. The topological polar surface area (TPSA) is 20.3 Å². The van der Waals surface area contributed by atoms with Gasteiger partial charge in [-0.1, -0.05) is 18.9 Å². The van der Waals surface area contributed by atoms with Crippen molar-refractivity contribution in [2.75, 3.05) is 13.1 Å². The van der Waals surface area contributed by atoms with Crippen LogP contribution in [0.4, 0.5) is 0 Å². The molecule has 0 unspecified atom stereocenters. The van der Waals surface area contributed by atoms with Crippen LogP contribution in [0.15, 0.2) is 12.7 Å². The number of nitrogens with zero attached hydrogens (tertiary/aromatic N) is 1. The van der Waals surface area contributed by atoms with Crippen LogP contribution < -0.4 is 0 Å². The highest BCUT2D eigenvalue weighted by atomic mass is 16.1. The molecule has 0 spiro atoms. The Labute approximate surface area is 93.3 Å². The van der Waals surface area contributed by atoms with Gasteiger partial charge in [-0.3, -0.25) is 9.69 Å². The summed E-state index contributed by atoms with van der Waals surface area (Å²) < 4.78 is 0. The molecule has 1 aliphatic rings. The first-order chi connectivity index (χ1) is 7.09. The van der Waals surface area contributed by atoms with Crippen molar-refractivity contribution in [3.05, 3.63) is 12.7 Å². The van der Waals surface area contributed by atoms with Gasteiger partial charge < -0.3 is 0 Å². The molecule has 0 radical (unpaired) electrons. The molecule has 0 aromatic rings. The Bertz CT molecular complexity index is 225. The molecule has 2 nitrogen and oxygen atoms in total. The molecule has 0 aromatic heterocycles. The quantitative estimate of drug-likeness (QED) is 0.664. The molecule has 1 aliphatic heterocycles. The Kier molecular flexibility index (Phi) is 4.52. The molecule has 86 valence electrons. The Hall–Kier alpha value is -0.630. The molecule has 0 aromatic carbocycles. The molecule has 15 heavy (non-hydrogen) atoms. The van der Waals surface area contributed by atoms with E-state index in [1.165, 1.54) is 25.7 Å². The first-order valence-corrected chi connectivity index (χ1v) is 5.98. The van der Waals surface area contributed by atoms with Crippen LogP contribution in [0.25, 0.3) is 0 Å². The average Bonchev–Trinajstić information content (AvgIpc) is 2.46. The van der Waals surface area contributed by atoms with Crippen molar-refractivity contribution in [2.24, 2.45) is 0 Å². The SMILES string of the molecule is C=CCC(=O)C(C)(C)N1CCCCCC1. The first-order valence-electron chi connectivity index (χ1n) is 5.98. The van der Waals surface area contributed by atoms with Crippen molar-refractivity contribution in [2.45, 2.75) is 51.5 Å². The van der Waals surface area contributed by atoms with Crippen LogP contribution in [0.1, 0.15) is 46.0 Å². The van der Waals surface area contributed by atoms with Gasteiger partial charge in [0.15, 0.2) is 5.78 Å². The van der Waals surface area contributed by atoms with Crippen LogP contribution in [0.5, 0.6) is 0 Å². The lowest BCUT2D eigenvalue weighted by molar-refractivity contribution is -0.128. The van der Waals surface area contributed by atoms with Crippen LogP contribution in [-0.2, 0) is 4.79 Å². The van der Waals surface area contributed by atoms with E-state index in [0.29, 0.717) is 12.2 Å². The fourth-order valence-corrected chi connectivity index (χ4v) is 2.19. The number of likely N-dealkylation sites (tertiary alicyclic amines) is 1. The Morgan fingerprint density at radius 2 is 1.80 bits per heavy atom. The molecule has 1 rings (SSSR count). The second kappa shape index (κ2) is 5.45. The highest BCUT2D eigenvalue weighted by Gasteiger charge is 2.33. The van der Waals surface area contributed by atoms with E-state index in [9.17, 15) is 4.79 Å². The smallest absolute Gasteiger partial charge is 0.156 e. The van der Waals surface area contributed by atoms with Crippen LogP contribution in [-0.4, -0.2) is 29.3 Å². The summed E-state index contributed by atoms with van der Waals surface area (Å²) in [7, 11) is 0. The number of hydrogen-bond donors (Lipinski definition) is 0. The molecule has 1 saturated heterocycles. The van der Waals surface area contributed by atoms with Crippen LogP contribution in [0, 0.1) is 0 Å². The number of Topliss-reactive ketones (excluding diaryl/α,β-unsaturated/α-hetero) is 1. The summed E-state index contributed by atoms with van der Waals surface area (Å²) >= 11 is 0. The standard InChI is InChI=1S/C13H23NO/c1-4-9-12(15)13(2,3)14-10-7-5-6-8-11-14/h4H,1,5-11H2,2-3H3. The van der Waals surface area contributed by atoms with Crippen molar-refractivity contribution >= 4 is 5.78 Å². The van der Waals surface area contributed by atoms with E-state index in [1.807, 2.05) is 13.8 Å². The number of carbonyl (C=O) groups excluding carboxylic acids is 1. The average molecular weight is 209 g/mol. The predicted octanol–water partition coefficient (Wildman–Crippen LogP) is 2.79. The van der Waals surface area contributed by atoms with Crippen molar-refractivity contribution in [3.8, 4) is 0 Å². The predicted molar refractivity (Wildman–Crippen MR) is 63.9 cm³/mol. The molecule has 0 atom stereocenters. The second-order valence-corrected chi connectivity index (χ2v) is 4.88. The number of hydrogen-bond acceptors (Lipinski definition) is 2. The van der Waals surface area contributed by atoms with Crippen molar-refractivity contribution < 1.29 is 4.79 Å². The minimum absolute atomic E-state index is 0.291. The summed E-state index contributed by atoms with van der Waals surface area (Å²) in [6.07, 6.45) is 7.27. The van der Waals surface area contributed by atoms with Gasteiger partial charge in [-0.2, -0.15) is 0 Å². The fourth-order valence-electron chi connectivity index (χ4n) is 2.19. The maximum absolute atomic E-state index is 12.0. The summed E-state index contributed by atoms with van der Waals surface area (Å²) in [5.41, 5.74) is -0.307. The number of allylic oxidation sites excluding steroid dienone is 1. The molecule has 1 fully saturated rings. The van der Waals surface area contributed by atoms with Crippen LogP contribution in [0.3, 0.4) is 0 Å². The van der Waals surface area contributed by atoms with Gasteiger partial charge in [0.25, 0.3) is 0 Å². The van der Waals surface area contributed by atoms with Gasteiger partial charge >= 0.3 is 0 Å². The number of carbonyl (C=O) groups is 1. The molecule has 0 aliphatic carbocycles. The van der Waals surface area contributed by atoms with E-state index in [1.54, 1.807) is 6.08 Å². The molecule has 0 N–H and O–H groups in total. The van der Waals surface area contributed by atoms with Gasteiger partial charge in [-0.25, -0.2) is 0 Å². The van der Waals surface area contributed by atoms with Gasteiger partial charge in [0.05, 0.1) is 5.54 Å². The van der Waals surface area contributed by atoms with E-state index in [-0.39, 0.29) is 5.54 Å². The second-order valence-electron chi connectivity index (χ2n) is 4.88. The molecular formula is C13H23NO. The maximum Gasteiger partial charge on any atom is 0.156 e. The Morgan fingerprint density at radius 3 is 2.27 bits per heavy atom. The van der Waals surface area contributed by atoms with Crippen molar-refractivity contribution in [1.29, 1.82) is 0 Å². The van der Waals surface area contributed by atoms with Gasteiger partial charge in [0, 0.05) is 6.42 Å². The molecule has 0 amide bonds. The Morgan fingerprint density at radius 1 is 1.27 bits per heavy atom. The summed E-state index contributed by atoms with van der Waals surface area (Å²) in [5, 5.41) is 0. The molecule has 1 heterocycles. The van der Waals surface area contributed by atoms with E-state index >= 15 is 0 Å². The van der Waals surface area contributed by atoms with Crippen molar-refractivity contribution in [1.82, 2.24) is 4.90 Å². The van der Waals surface area contributed by atoms with Gasteiger partial charge in [0.2, 0.25) is 0 Å². The van der Waals surface area contributed by atoms with E-state index in [2.05, 4.69) is 11.5 Å². The largest absolute Gasteiger partial charge is 0.297 e. The van der Waals surface area contributed by atoms with Gasteiger partial charge in [-0.05, 0) is 39.8 Å². The van der Waals surface area contributed by atoms with Gasteiger partial charge in [-0.15, -0.1) is 6.58 Å². The molecule has 0 saturated carbocycles. The number of ketones is 1. The summed E-state index contributed by atoms with van der Waals surface area (Å²) in [6.45, 7) is 9.86. The van der Waals surface area contributed by atoms with E-state index in [0.717, 1.165) is 13.1 Å². The molecule has 0 bridgehead atoms. The fraction of sp³-hybridized carbons (Fsp3) is 0.769. The summed E-state index contributed by atoms with van der Waals surface area (Å²) in [5.74, 6) is 0.291. The highest BCUT2D eigenvalue weighted by molar-refractivity contribution is 5.88. The minimum Gasteiger partial charge on any atom is -0.297 e. The molecular weight excluding hydrogens is 186 g/mol. The summed E-state index contributed by atoms with van der Waals surface area (Å²) in [4.78, 5) is 14.3. The van der Waals surface area contributed by atoms with E-state index < -0.39 is 0 Å². The third-order valence-electron chi connectivity index (χ3n) is 3.41. The third kappa shape index (κ3) is 3.16. The monoisotopic (exact) mass is 209 g/mol. The number of rotatable bonds is 4. The van der Waals surface area contributed by atoms with Crippen molar-refractivity contribution in [3.63, 3.8) is 0 Å². The zero-order chi connectivity index (χ0) is 11.3. The first kappa shape index (κ1) is 12.4. The van der Waals surface area contributed by atoms with E-state index in [4.69, 9.17) is 0 Å². The third-order valence-corrected chi connectivity index (χ3v) is 3.41. The van der Waals surface area contributed by atoms with Crippen LogP contribution >= 0.6 is 0 Å². The molecule has 2 heteroatoms. The lowest BCUT2D eigenvalue weighted by Gasteiger charge is -2.36. The normalized spacial score (nSPS) is 19.6. The van der Waals surface area contributed by atoms with Gasteiger partial charge in [0.1, 0.15) is 0 Å². The zero-order valence-electron chi connectivity index (χ0n) is 10.1. The summed E-state index contributed by atoms with van der Waals surface area (Å²) in [6, 6.07) is 0. The zero-order valence-corrected chi connectivity index (χ0v) is 10.1.